The van der Waals surface area contributed by atoms with E-state index >= 15 is 0 Å². The molecule has 0 unspecified atom stereocenters. The lowest BCUT2D eigenvalue weighted by molar-refractivity contribution is 0.231. The first-order valence-corrected chi connectivity index (χ1v) is 4.78. The summed E-state index contributed by atoms with van der Waals surface area (Å²) in [6.07, 6.45) is 2.67. The first-order valence-electron chi connectivity index (χ1n) is 4.78. The maximum Gasteiger partial charge on any atom is 0.00356 e. The van der Waals surface area contributed by atoms with Gasteiger partial charge in [0.2, 0.25) is 0 Å². The van der Waals surface area contributed by atoms with Crippen LogP contribution in [0.25, 0.3) is 0 Å². The van der Waals surface area contributed by atoms with Gasteiger partial charge in [-0.05, 0) is 33.2 Å². The van der Waals surface area contributed by atoms with Crippen LogP contribution in [0.2, 0.25) is 0 Å². The third-order valence-electron chi connectivity index (χ3n) is 2.26. The Morgan fingerprint density at radius 2 is 1.73 bits per heavy atom. The van der Waals surface area contributed by atoms with Gasteiger partial charge < -0.3 is 4.90 Å². The average Bonchev–Trinajstić information content (AvgIpc) is 1.87. The molecular weight excluding hydrogens is 134 g/mol. The van der Waals surface area contributed by atoms with Crippen molar-refractivity contribution in [1.82, 2.24) is 4.90 Å². The predicted molar refractivity (Wildman–Crippen MR) is 51.8 cm³/mol. The molecule has 68 valence electrons. The van der Waals surface area contributed by atoms with Gasteiger partial charge >= 0.3 is 0 Å². The molecule has 1 nitrogen and oxygen atoms in total. The van der Waals surface area contributed by atoms with Gasteiger partial charge in [0.25, 0.3) is 0 Å². The molecular formula is C10H23N. The summed E-state index contributed by atoms with van der Waals surface area (Å²) < 4.78 is 0. The molecule has 0 radical (unpaired) electrons. The molecule has 1 atom stereocenters. The number of nitrogens with zero attached hydrogens (tertiary/aromatic N) is 1. The second-order valence-corrected chi connectivity index (χ2v) is 3.93. The van der Waals surface area contributed by atoms with Gasteiger partial charge in [0.05, 0.1) is 0 Å². The van der Waals surface area contributed by atoms with Crippen LogP contribution in [0.3, 0.4) is 0 Å². The van der Waals surface area contributed by atoms with Gasteiger partial charge in [0.1, 0.15) is 0 Å². The maximum atomic E-state index is 2.42. The Labute approximate surface area is 71.8 Å². The minimum absolute atomic E-state index is 0.689. The van der Waals surface area contributed by atoms with Crippen LogP contribution in [0, 0.1) is 5.92 Å². The fourth-order valence-electron chi connectivity index (χ4n) is 1.29. The summed E-state index contributed by atoms with van der Waals surface area (Å²) in [4.78, 5) is 2.42. The van der Waals surface area contributed by atoms with E-state index in [4.69, 9.17) is 0 Å². The van der Waals surface area contributed by atoms with Gasteiger partial charge in [-0.15, -0.1) is 0 Å². The summed E-state index contributed by atoms with van der Waals surface area (Å²) in [6, 6.07) is 0.689. The molecule has 0 saturated heterocycles. The summed E-state index contributed by atoms with van der Waals surface area (Å²) in [7, 11) is 2.21. The highest BCUT2D eigenvalue weighted by Gasteiger charge is 2.07. The van der Waals surface area contributed by atoms with Crippen LogP contribution in [0.1, 0.15) is 40.5 Å². The van der Waals surface area contributed by atoms with E-state index in [9.17, 15) is 0 Å². The standard InChI is InChI=1S/C10H23N/c1-6-7-10(4)8-11(5)9(2)3/h9-10H,6-8H2,1-5H3/t10-/m1/s1. The molecule has 0 aromatic carbocycles. The fraction of sp³-hybridized carbons (Fsp3) is 1.00. The van der Waals surface area contributed by atoms with Gasteiger partial charge in [-0.25, -0.2) is 0 Å². The van der Waals surface area contributed by atoms with Gasteiger partial charge in [0.15, 0.2) is 0 Å². The highest BCUT2D eigenvalue weighted by molar-refractivity contribution is 4.61. The summed E-state index contributed by atoms with van der Waals surface area (Å²) in [5, 5.41) is 0. The van der Waals surface area contributed by atoms with Gasteiger partial charge in [-0.3, -0.25) is 0 Å². The summed E-state index contributed by atoms with van der Waals surface area (Å²) in [5.74, 6) is 0.854. The van der Waals surface area contributed by atoms with Crippen LogP contribution in [0.4, 0.5) is 0 Å². The lowest BCUT2D eigenvalue weighted by Gasteiger charge is -2.24. The van der Waals surface area contributed by atoms with Crippen molar-refractivity contribution in [2.24, 2.45) is 5.92 Å². The van der Waals surface area contributed by atoms with E-state index in [-0.39, 0.29) is 0 Å². The number of hydrogen-bond donors (Lipinski definition) is 0. The summed E-state index contributed by atoms with van der Waals surface area (Å²) in [6.45, 7) is 10.3. The van der Waals surface area contributed by atoms with Crippen molar-refractivity contribution < 1.29 is 0 Å². The quantitative estimate of drug-likeness (QED) is 0.593. The van der Waals surface area contributed by atoms with Crippen molar-refractivity contribution >= 4 is 0 Å². The van der Waals surface area contributed by atoms with Crippen molar-refractivity contribution in [3.63, 3.8) is 0 Å². The average molecular weight is 157 g/mol. The molecule has 0 aliphatic rings. The van der Waals surface area contributed by atoms with Crippen LogP contribution in [-0.4, -0.2) is 24.5 Å². The molecule has 0 bridgehead atoms. The van der Waals surface area contributed by atoms with E-state index in [0.717, 1.165) is 5.92 Å². The Bertz CT molecular complexity index is 88.9. The van der Waals surface area contributed by atoms with Crippen molar-refractivity contribution in [3.8, 4) is 0 Å². The highest BCUT2D eigenvalue weighted by Crippen LogP contribution is 2.07. The van der Waals surface area contributed by atoms with Crippen LogP contribution < -0.4 is 0 Å². The molecule has 0 aromatic rings. The molecule has 0 rings (SSSR count). The Balaban J connectivity index is 3.48. The molecule has 0 aliphatic carbocycles. The third kappa shape index (κ3) is 5.25. The first kappa shape index (κ1) is 11.0. The SMILES string of the molecule is CCC[C@@H](C)CN(C)C(C)C. The fourth-order valence-corrected chi connectivity index (χ4v) is 1.29. The number of rotatable bonds is 5. The summed E-state index contributed by atoms with van der Waals surface area (Å²) >= 11 is 0. The largest absolute Gasteiger partial charge is 0.304 e. The van der Waals surface area contributed by atoms with E-state index in [1.165, 1.54) is 19.4 Å². The Morgan fingerprint density at radius 3 is 2.09 bits per heavy atom. The molecule has 0 saturated carbocycles. The van der Waals surface area contributed by atoms with Crippen LogP contribution in [-0.2, 0) is 0 Å². The maximum absolute atomic E-state index is 2.42. The Hall–Kier alpha value is -0.0400. The van der Waals surface area contributed by atoms with E-state index in [1.54, 1.807) is 0 Å². The molecule has 0 aromatic heterocycles. The zero-order valence-electron chi connectivity index (χ0n) is 8.72. The zero-order chi connectivity index (χ0) is 8.85. The van der Waals surface area contributed by atoms with Crippen LogP contribution in [0.5, 0.6) is 0 Å². The van der Waals surface area contributed by atoms with E-state index in [1.807, 2.05) is 0 Å². The monoisotopic (exact) mass is 157 g/mol. The van der Waals surface area contributed by atoms with Crippen molar-refractivity contribution in [1.29, 1.82) is 0 Å². The van der Waals surface area contributed by atoms with E-state index < -0.39 is 0 Å². The Kier molecular flexibility index (Phi) is 5.57. The van der Waals surface area contributed by atoms with Crippen LogP contribution >= 0.6 is 0 Å². The third-order valence-corrected chi connectivity index (χ3v) is 2.26. The minimum atomic E-state index is 0.689. The predicted octanol–water partition coefficient (Wildman–Crippen LogP) is 2.76. The summed E-state index contributed by atoms with van der Waals surface area (Å²) in [5.41, 5.74) is 0. The first-order chi connectivity index (χ1) is 5.07. The lowest BCUT2D eigenvalue weighted by Crippen LogP contribution is -2.30. The smallest absolute Gasteiger partial charge is 0.00356 e. The van der Waals surface area contributed by atoms with Crippen molar-refractivity contribution in [3.05, 3.63) is 0 Å². The van der Waals surface area contributed by atoms with Crippen molar-refractivity contribution in [2.45, 2.75) is 46.6 Å². The second-order valence-electron chi connectivity index (χ2n) is 3.93. The molecule has 11 heavy (non-hydrogen) atoms. The number of hydrogen-bond acceptors (Lipinski definition) is 1. The second kappa shape index (κ2) is 5.59. The molecule has 0 aliphatic heterocycles. The van der Waals surface area contributed by atoms with E-state index in [0.29, 0.717) is 6.04 Å². The van der Waals surface area contributed by atoms with Crippen LogP contribution in [0.15, 0.2) is 0 Å². The van der Waals surface area contributed by atoms with E-state index in [2.05, 4.69) is 39.6 Å². The molecule has 0 fully saturated rings. The topological polar surface area (TPSA) is 3.24 Å². The zero-order valence-corrected chi connectivity index (χ0v) is 8.72. The normalized spacial score (nSPS) is 14.5. The molecule has 0 amide bonds. The van der Waals surface area contributed by atoms with Gasteiger partial charge in [-0.1, -0.05) is 20.3 Å². The minimum Gasteiger partial charge on any atom is -0.304 e. The Morgan fingerprint density at radius 1 is 1.18 bits per heavy atom. The van der Waals surface area contributed by atoms with Gasteiger partial charge in [-0.2, -0.15) is 0 Å². The van der Waals surface area contributed by atoms with Gasteiger partial charge in [0, 0.05) is 12.6 Å². The molecule has 0 N–H and O–H groups in total. The molecule has 0 heterocycles. The highest BCUT2D eigenvalue weighted by atomic mass is 15.1. The van der Waals surface area contributed by atoms with Crippen molar-refractivity contribution in [2.75, 3.05) is 13.6 Å². The molecule has 0 spiro atoms. The lowest BCUT2D eigenvalue weighted by atomic mass is 10.1. The molecule has 1 heteroatoms.